The van der Waals surface area contributed by atoms with Crippen LogP contribution in [0.25, 0.3) is 22.5 Å². The first-order valence-corrected chi connectivity index (χ1v) is 9.78. The first kappa shape index (κ1) is 21.4. The van der Waals surface area contributed by atoms with Gasteiger partial charge in [0.1, 0.15) is 6.61 Å². The molecule has 0 atom stereocenters. The Labute approximate surface area is 181 Å². The van der Waals surface area contributed by atoms with E-state index >= 15 is 0 Å². The summed E-state index contributed by atoms with van der Waals surface area (Å²) in [6.07, 6.45) is -2.73. The molecule has 0 aliphatic carbocycles. The molecule has 166 valence electrons. The van der Waals surface area contributed by atoms with Crippen LogP contribution in [0.5, 0.6) is 0 Å². The molecule has 1 aliphatic heterocycles. The van der Waals surface area contributed by atoms with Crippen molar-refractivity contribution >= 4 is 17.6 Å². The number of carbonyl (C=O) groups excluding carboxylic acids is 2. The van der Waals surface area contributed by atoms with Crippen molar-refractivity contribution in [1.82, 2.24) is 15.3 Å². The van der Waals surface area contributed by atoms with E-state index in [1.807, 2.05) is 6.07 Å². The minimum atomic E-state index is -5.06. The van der Waals surface area contributed by atoms with Crippen molar-refractivity contribution in [2.24, 2.45) is 0 Å². The van der Waals surface area contributed by atoms with Crippen LogP contribution in [0.4, 0.5) is 18.9 Å². The predicted molar refractivity (Wildman–Crippen MR) is 111 cm³/mol. The van der Waals surface area contributed by atoms with Crippen molar-refractivity contribution in [3.05, 3.63) is 59.4 Å². The smallest absolute Gasteiger partial charge is 0.454 e. The Morgan fingerprint density at radius 3 is 2.72 bits per heavy atom. The summed E-state index contributed by atoms with van der Waals surface area (Å²) in [4.78, 5) is 30.8. The molecule has 3 N–H and O–H groups in total. The summed E-state index contributed by atoms with van der Waals surface area (Å²) < 4.78 is 41.8. The Kier molecular flexibility index (Phi) is 5.60. The summed E-state index contributed by atoms with van der Waals surface area (Å²) in [5.74, 6) is -2.37. The molecule has 0 spiro atoms. The van der Waals surface area contributed by atoms with E-state index in [-0.39, 0.29) is 5.91 Å². The van der Waals surface area contributed by atoms with E-state index < -0.39 is 18.8 Å². The van der Waals surface area contributed by atoms with Gasteiger partial charge in [-0.2, -0.15) is 13.2 Å². The molecular weight excluding hydrogens is 425 g/mol. The second kappa shape index (κ2) is 8.37. The Bertz CT molecular complexity index is 1190. The fourth-order valence-corrected chi connectivity index (χ4v) is 3.55. The van der Waals surface area contributed by atoms with Gasteiger partial charge in [-0.15, -0.1) is 0 Å². The lowest BCUT2D eigenvalue weighted by Crippen LogP contribution is -2.31. The van der Waals surface area contributed by atoms with Crippen LogP contribution in [-0.4, -0.2) is 41.6 Å². The third-order valence-electron chi connectivity index (χ3n) is 5.14. The minimum absolute atomic E-state index is 0.122. The number of ether oxygens (including phenoxy) is 1. The average molecular weight is 444 g/mol. The average Bonchev–Trinajstić information content (AvgIpc) is 3.22. The first-order chi connectivity index (χ1) is 15.3. The highest BCUT2D eigenvalue weighted by Crippen LogP contribution is 2.29. The molecule has 0 fully saturated rings. The largest absolute Gasteiger partial charge is 0.490 e. The highest BCUT2D eigenvalue weighted by Gasteiger charge is 2.41. The quantitative estimate of drug-likeness (QED) is 0.522. The van der Waals surface area contributed by atoms with Crippen molar-refractivity contribution < 1.29 is 27.5 Å². The maximum Gasteiger partial charge on any atom is 0.490 e. The number of aromatic amines is 1. The molecule has 32 heavy (non-hydrogen) atoms. The molecule has 10 heteroatoms. The molecule has 0 radical (unpaired) electrons. The number of nitrogens with one attached hydrogen (secondary N) is 3. The van der Waals surface area contributed by atoms with Gasteiger partial charge in [0, 0.05) is 60.0 Å². The van der Waals surface area contributed by atoms with E-state index in [9.17, 15) is 22.8 Å². The SMILES string of the molecule is CNc1ccc(-c2cc(-c3cc4c([nH]3)CCNC4=O)ccn2)cc1COC(=O)C(F)(F)F. The molecule has 0 saturated carbocycles. The van der Waals surface area contributed by atoms with Gasteiger partial charge in [-0.3, -0.25) is 9.78 Å². The zero-order chi connectivity index (χ0) is 22.9. The second-order valence-corrected chi connectivity index (χ2v) is 7.21. The van der Waals surface area contributed by atoms with Crippen LogP contribution in [0.3, 0.4) is 0 Å². The van der Waals surface area contributed by atoms with Gasteiger partial charge >= 0.3 is 12.1 Å². The molecule has 0 saturated heterocycles. The number of amides is 1. The molecule has 7 nitrogen and oxygen atoms in total. The number of carbonyl (C=O) groups is 2. The summed E-state index contributed by atoms with van der Waals surface area (Å²) in [5, 5.41) is 5.67. The second-order valence-electron chi connectivity index (χ2n) is 7.21. The van der Waals surface area contributed by atoms with Gasteiger partial charge in [0.2, 0.25) is 0 Å². The van der Waals surface area contributed by atoms with E-state index in [1.165, 1.54) is 0 Å². The van der Waals surface area contributed by atoms with Crippen LogP contribution in [-0.2, 0) is 22.6 Å². The van der Waals surface area contributed by atoms with Crippen molar-refractivity contribution in [2.75, 3.05) is 18.9 Å². The highest BCUT2D eigenvalue weighted by atomic mass is 19.4. The maximum absolute atomic E-state index is 12.5. The number of rotatable bonds is 5. The van der Waals surface area contributed by atoms with E-state index in [2.05, 4.69) is 25.3 Å². The number of hydrogen-bond donors (Lipinski definition) is 3. The van der Waals surface area contributed by atoms with Gasteiger partial charge in [-0.25, -0.2) is 4.79 Å². The normalized spacial score (nSPS) is 13.3. The number of hydrogen-bond acceptors (Lipinski definition) is 5. The summed E-state index contributed by atoms with van der Waals surface area (Å²) in [5.41, 5.74) is 5.17. The molecule has 3 aromatic rings. The number of halogens is 3. The molecule has 2 aromatic heterocycles. The van der Waals surface area contributed by atoms with Gasteiger partial charge in [0.25, 0.3) is 5.91 Å². The zero-order valence-corrected chi connectivity index (χ0v) is 17.0. The summed E-state index contributed by atoms with van der Waals surface area (Å²) >= 11 is 0. The number of H-pyrrole nitrogens is 1. The molecule has 3 heterocycles. The van der Waals surface area contributed by atoms with Crippen LogP contribution in [0.2, 0.25) is 0 Å². The summed E-state index contributed by atoms with van der Waals surface area (Å²) in [7, 11) is 1.62. The molecule has 0 unspecified atom stereocenters. The van der Waals surface area contributed by atoms with Gasteiger partial charge in [-0.1, -0.05) is 6.07 Å². The van der Waals surface area contributed by atoms with Gasteiger partial charge < -0.3 is 20.4 Å². The van der Waals surface area contributed by atoms with Crippen molar-refractivity contribution in [3.63, 3.8) is 0 Å². The summed E-state index contributed by atoms with van der Waals surface area (Å²) in [6, 6.07) is 10.5. The van der Waals surface area contributed by atoms with E-state index in [0.29, 0.717) is 41.0 Å². The van der Waals surface area contributed by atoms with Crippen molar-refractivity contribution in [2.45, 2.75) is 19.2 Å². The Morgan fingerprint density at radius 1 is 1.19 bits per heavy atom. The Hall–Kier alpha value is -3.82. The molecular formula is C22H19F3N4O3. The Morgan fingerprint density at radius 2 is 2.00 bits per heavy atom. The predicted octanol–water partition coefficient (Wildman–Crippen LogP) is 3.68. The number of nitrogens with zero attached hydrogens (tertiary/aromatic N) is 1. The van der Waals surface area contributed by atoms with Crippen molar-refractivity contribution in [3.8, 4) is 22.5 Å². The third-order valence-corrected chi connectivity index (χ3v) is 5.14. The standard InChI is InChI=1S/C22H19F3N4O3/c1-26-16-3-2-12(8-14(16)11-32-21(31)22(23,24)25)18-9-13(4-6-27-18)19-10-15-17(29-19)5-7-28-20(15)30/h2-4,6,8-10,26,29H,5,7,11H2,1H3,(H,28,30). The fourth-order valence-electron chi connectivity index (χ4n) is 3.55. The van der Waals surface area contributed by atoms with Crippen LogP contribution in [0, 0.1) is 0 Å². The van der Waals surface area contributed by atoms with Gasteiger partial charge in [0.15, 0.2) is 0 Å². The van der Waals surface area contributed by atoms with E-state index in [1.54, 1.807) is 43.6 Å². The van der Waals surface area contributed by atoms with Crippen LogP contribution < -0.4 is 10.6 Å². The Balaban J connectivity index is 1.63. The van der Waals surface area contributed by atoms with Crippen LogP contribution >= 0.6 is 0 Å². The lowest BCUT2D eigenvalue weighted by Gasteiger charge is -2.13. The number of benzene rings is 1. The topological polar surface area (TPSA) is 96.1 Å². The number of pyridine rings is 1. The third kappa shape index (κ3) is 4.29. The molecule has 0 bridgehead atoms. The van der Waals surface area contributed by atoms with E-state index in [4.69, 9.17) is 0 Å². The monoisotopic (exact) mass is 444 g/mol. The summed E-state index contributed by atoms with van der Waals surface area (Å²) in [6.45, 7) is 0.0351. The molecule has 4 rings (SSSR count). The van der Waals surface area contributed by atoms with Gasteiger partial charge in [0.05, 0.1) is 11.3 Å². The van der Waals surface area contributed by atoms with Crippen LogP contribution in [0.15, 0.2) is 42.6 Å². The van der Waals surface area contributed by atoms with E-state index in [0.717, 1.165) is 17.0 Å². The zero-order valence-electron chi connectivity index (χ0n) is 17.0. The maximum atomic E-state index is 12.5. The number of aromatic nitrogens is 2. The van der Waals surface area contributed by atoms with Gasteiger partial charge in [-0.05, 0) is 30.3 Å². The number of alkyl halides is 3. The lowest BCUT2D eigenvalue weighted by molar-refractivity contribution is -0.201. The number of anilines is 1. The minimum Gasteiger partial charge on any atom is -0.454 e. The molecule has 1 amide bonds. The number of fused-ring (bicyclic) bond motifs is 1. The molecule has 1 aliphatic rings. The molecule has 1 aromatic carbocycles. The highest BCUT2D eigenvalue weighted by molar-refractivity contribution is 5.97. The lowest BCUT2D eigenvalue weighted by atomic mass is 10.0. The van der Waals surface area contributed by atoms with Crippen LogP contribution in [0.1, 0.15) is 21.6 Å². The number of esters is 1. The first-order valence-electron chi connectivity index (χ1n) is 9.78. The fraction of sp³-hybridized carbons (Fsp3) is 0.227. The van der Waals surface area contributed by atoms with Crippen molar-refractivity contribution in [1.29, 1.82) is 0 Å².